The van der Waals surface area contributed by atoms with Crippen LogP contribution in [0, 0.1) is 0 Å². The fourth-order valence-electron chi connectivity index (χ4n) is 2.47. The molecule has 0 fully saturated rings. The van der Waals surface area contributed by atoms with Gasteiger partial charge in [0.2, 0.25) is 11.8 Å². The standard InChI is InChI=1S/C21H24N2O4S/c1-3-15-7-5-6-8-18(15)23-20(25)14-28-13-19(24)22-17-11-9-16(10-12-17)21(26)27-4-2/h5-12H,3-4,13-14H2,1-2H3,(H,22,24)(H,23,25). The van der Waals surface area contributed by atoms with Gasteiger partial charge >= 0.3 is 5.97 Å². The highest BCUT2D eigenvalue weighted by Gasteiger charge is 2.09. The summed E-state index contributed by atoms with van der Waals surface area (Å²) in [6.45, 7) is 4.09. The lowest BCUT2D eigenvalue weighted by molar-refractivity contribution is -0.114. The number of hydrogen-bond donors (Lipinski definition) is 2. The summed E-state index contributed by atoms with van der Waals surface area (Å²) in [5, 5.41) is 5.61. The molecule has 0 saturated carbocycles. The largest absolute Gasteiger partial charge is 0.462 e. The van der Waals surface area contributed by atoms with Crippen molar-refractivity contribution in [2.75, 3.05) is 28.7 Å². The van der Waals surface area contributed by atoms with Crippen molar-refractivity contribution in [1.29, 1.82) is 0 Å². The Morgan fingerprint density at radius 1 is 0.893 bits per heavy atom. The van der Waals surface area contributed by atoms with E-state index in [4.69, 9.17) is 4.74 Å². The average molecular weight is 401 g/mol. The maximum absolute atomic E-state index is 12.1. The number of carbonyl (C=O) groups is 3. The topological polar surface area (TPSA) is 84.5 Å². The van der Waals surface area contributed by atoms with E-state index >= 15 is 0 Å². The molecule has 0 atom stereocenters. The molecule has 2 aromatic rings. The van der Waals surface area contributed by atoms with E-state index in [1.807, 2.05) is 31.2 Å². The van der Waals surface area contributed by atoms with Crippen LogP contribution in [0.15, 0.2) is 48.5 Å². The van der Waals surface area contributed by atoms with Crippen molar-refractivity contribution in [3.63, 3.8) is 0 Å². The van der Waals surface area contributed by atoms with Gasteiger partial charge in [-0.2, -0.15) is 0 Å². The summed E-state index contributed by atoms with van der Waals surface area (Å²) < 4.78 is 4.91. The van der Waals surface area contributed by atoms with E-state index in [-0.39, 0.29) is 23.3 Å². The first-order valence-corrected chi connectivity index (χ1v) is 10.2. The first-order chi connectivity index (χ1) is 13.5. The Balaban J connectivity index is 1.75. The van der Waals surface area contributed by atoms with Crippen molar-refractivity contribution in [1.82, 2.24) is 0 Å². The third-order valence-electron chi connectivity index (χ3n) is 3.82. The van der Waals surface area contributed by atoms with Crippen molar-refractivity contribution in [3.05, 3.63) is 59.7 Å². The first-order valence-electron chi connectivity index (χ1n) is 9.06. The number of ether oxygens (including phenoxy) is 1. The Morgan fingerprint density at radius 3 is 2.18 bits per heavy atom. The van der Waals surface area contributed by atoms with Crippen LogP contribution in [0.1, 0.15) is 29.8 Å². The van der Waals surface area contributed by atoms with Crippen LogP contribution in [0.4, 0.5) is 11.4 Å². The molecule has 0 bridgehead atoms. The van der Waals surface area contributed by atoms with Crippen LogP contribution < -0.4 is 10.6 Å². The van der Waals surface area contributed by atoms with Gasteiger partial charge in [-0.15, -0.1) is 11.8 Å². The van der Waals surface area contributed by atoms with Gasteiger partial charge in [0, 0.05) is 11.4 Å². The number of anilines is 2. The maximum atomic E-state index is 12.1. The third kappa shape index (κ3) is 6.74. The fourth-order valence-corrected chi connectivity index (χ4v) is 3.09. The number of nitrogens with one attached hydrogen (secondary N) is 2. The van der Waals surface area contributed by atoms with Gasteiger partial charge in [0.1, 0.15) is 0 Å². The van der Waals surface area contributed by atoms with Gasteiger partial charge in [-0.05, 0) is 49.2 Å². The van der Waals surface area contributed by atoms with Gasteiger partial charge in [-0.25, -0.2) is 4.79 Å². The summed E-state index contributed by atoms with van der Waals surface area (Å²) in [6, 6.07) is 14.1. The Kier molecular flexibility index (Phi) is 8.55. The second kappa shape index (κ2) is 11.1. The molecule has 7 heteroatoms. The number of amides is 2. The van der Waals surface area contributed by atoms with Crippen molar-refractivity contribution < 1.29 is 19.1 Å². The van der Waals surface area contributed by atoms with E-state index < -0.39 is 5.97 Å². The zero-order chi connectivity index (χ0) is 20.4. The Labute approximate surface area is 169 Å². The molecule has 28 heavy (non-hydrogen) atoms. The summed E-state index contributed by atoms with van der Waals surface area (Å²) in [6.07, 6.45) is 0.834. The molecule has 0 aromatic heterocycles. The predicted octanol–water partition coefficient (Wildman–Crippen LogP) is 3.74. The number of thioether (sulfide) groups is 1. The third-order valence-corrected chi connectivity index (χ3v) is 4.75. The van der Waals surface area contributed by atoms with Crippen LogP contribution in [0.3, 0.4) is 0 Å². The molecular weight excluding hydrogens is 376 g/mol. The Hall–Kier alpha value is -2.80. The highest BCUT2D eigenvalue weighted by molar-refractivity contribution is 8.00. The highest BCUT2D eigenvalue weighted by atomic mass is 32.2. The van der Waals surface area contributed by atoms with E-state index in [1.165, 1.54) is 11.8 Å². The van der Waals surface area contributed by atoms with Crippen molar-refractivity contribution in [2.45, 2.75) is 20.3 Å². The summed E-state index contributed by atoms with van der Waals surface area (Å²) in [4.78, 5) is 35.7. The summed E-state index contributed by atoms with van der Waals surface area (Å²) in [7, 11) is 0. The number of carbonyl (C=O) groups excluding carboxylic acids is 3. The van der Waals surface area contributed by atoms with Crippen LogP contribution in [0.2, 0.25) is 0 Å². The summed E-state index contributed by atoms with van der Waals surface area (Å²) >= 11 is 1.24. The second-order valence-corrected chi connectivity index (χ2v) is 6.88. The first kappa shape index (κ1) is 21.5. The molecule has 6 nitrogen and oxygen atoms in total. The van der Waals surface area contributed by atoms with Gasteiger partial charge in [-0.1, -0.05) is 25.1 Å². The molecule has 0 unspecified atom stereocenters. The van der Waals surface area contributed by atoms with E-state index in [1.54, 1.807) is 31.2 Å². The second-order valence-electron chi connectivity index (χ2n) is 5.90. The number of benzene rings is 2. The predicted molar refractivity (Wildman–Crippen MR) is 113 cm³/mol. The monoisotopic (exact) mass is 400 g/mol. The van der Waals surface area contributed by atoms with Gasteiger partial charge in [0.15, 0.2) is 0 Å². The average Bonchev–Trinajstić information content (AvgIpc) is 2.69. The molecule has 0 aliphatic rings. The molecule has 2 amide bonds. The van der Waals surface area contributed by atoms with Crippen LogP contribution in [0.25, 0.3) is 0 Å². The molecule has 2 aromatic carbocycles. The van der Waals surface area contributed by atoms with Gasteiger partial charge in [-0.3, -0.25) is 9.59 Å². The number of aryl methyl sites for hydroxylation is 1. The van der Waals surface area contributed by atoms with E-state index in [2.05, 4.69) is 10.6 Å². The molecule has 0 aliphatic heterocycles. The molecule has 0 heterocycles. The van der Waals surface area contributed by atoms with Crippen molar-refractivity contribution in [3.8, 4) is 0 Å². The minimum absolute atomic E-state index is 0.141. The lowest BCUT2D eigenvalue weighted by atomic mass is 10.1. The zero-order valence-electron chi connectivity index (χ0n) is 16.0. The van der Waals surface area contributed by atoms with E-state index in [9.17, 15) is 14.4 Å². The van der Waals surface area contributed by atoms with Gasteiger partial charge in [0.25, 0.3) is 0 Å². The summed E-state index contributed by atoms with van der Waals surface area (Å²) in [5.74, 6) is -0.407. The van der Waals surface area contributed by atoms with Crippen molar-refractivity contribution in [2.24, 2.45) is 0 Å². The molecular formula is C21H24N2O4S. The smallest absolute Gasteiger partial charge is 0.338 e. The molecule has 0 radical (unpaired) electrons. The number of para-hydroxylation sites is 1. The molecule has 0 aliphatic carbocycles. The number of rotatable bonds is 9. The zero-order valence-corrected chi connectivity index (χ0v) is 16.8. The molecule has 0 spiro atoms. The van der Waals surface area contributed by atoms with Crippen LogP contribution in [0.5, 0.6) is 0 Å². The van der Waals surface area contributed by atoms with Gasteiger partial charge in [0.05, 0.1) is 23.7 Å². The Morgan fingerprint density at radius 2 is 1.54 bits per heavy atom. The summed E-state index contributed by atoms with van der Waals surface area (Å²) in [5.41, 5.74) is 2.89. The quantitative estimate of drug-likeness (QED) is 0.627. The molecule has 2 N–H and O–H groups in total. The minimum atomic E-state index is -0.397. The molecule has 2 rings (SSSR count). The Bertz CT molecular complexity index is 821. The highest BCUT2D eigenvalue weighted by Crippen LogP contribution is 2.16. The fraction of sp³-hybridized carbons (Fsp3) is 0.286. The van der Waals surface area contributed by atoms with Crippen molar-refractivity contribution >= 4 is 40.9 Å². The number of esters is 1. The van der Waals surface area contributed by atoms with E-state index in [0.29, 0.717) is 17.9 Å². The lowest BCUT2D eigenvalue weighted by Gasteiger charge is -2.09. The van der Waals surface area contributed by atoms with Crippen LogP contribution in [-0.2, 0) is 20.7 Å². The minimum Gasteiger partial charge on any atom is -0.462 e. The maximum Gasteiger partial charge on any atom is 0.338 e. The van der Waals surface area contributed by atoms with Gasteiger partial charge < -0.3 is 15.4 Å². The number of hydrogen-bond acceptors (Lipinski definition) is 5. The van der Waals surface area contributed by atoms with Crippen LogP contribution >= 0.6 is 11.8 Å². The molecule has 0 saturated heterocycles. The van der Waals surface area contributed by atoms with E-state index in [0.717, 1.165) is 17.7 Å². The normalized spacial score (nSPS) is 10.2. The lowest BCUT2D eigenvalue weighted by Crippen LogP contribution is -2.19. The molecule has 148 valence electrons. The van der Waals surface area contributed by atoms with Crippen LogP contribution in [-0.4, -0.2) is 35.9 Å². The SMILES string of the molecule is CCOC(=O)c1ccc(NC(=O)CSCC(=O)Nc2ccccc2CC)cc1.